The Morgan fingerprint density at radius 3 is 3.08 bits per heavy atom. The summed E-state index contributed by atoms with van der Waals surface area (Å²) >= 11 is 0. The van der Waals surface area contributed by atoms with E-state index in [2.05, 4.69) is 23.3 Å². The summed E-state index contributed by atoms with van der Waals surface area (Å²) in [7, 11) is 0. The Balaban J connectivity index is 1.63. The van der Waals surface area contributed by atoms with Gasteiger partial charge in [-0.25, -0.2) is 0 Å². The van der Waals surface area contributed by atoms with Gasteiger partial charge in [-0.1, -0.05) is 6.92 Å². The van der Waals surface area contributed by atoms with Gasteiger partial charge in [-0.3, -0.25) is 0 Å². The van der Waals surface area contributed by atoms with E-state index < -0.39 is 0 Å². The predicted molar refractivity (Wildman–Crippen MR) is 49.8 cm³/mol. The summed E-state index contributed by atoms with van der Waals surface area (Å²) in [5.41, 5.74) is 1.28. The molecule has 2 N–H and O–H groups in total. The summed E-state index contributed by atoms with van der Waals surface area (Å²) in [4.78, 5) is 3.18. The van der Waals surface area contributed by atoms with Crippen LogP contribution in [0.3, 0.4) is 0 Å². The zero-order chi connectivity index (χ0) is 8.39. The fraction of sp³-hybridized carbons (Fsp3) is 0.600. The molecule has 1 fully saturated rings. The van der Waals surface area contributed by atoms with E-state index in [1.807, 2.05) is 12.3 Å². The maximum atomic E-state index is 3.45. The van der Waals surface area contributed by atoms with Gasteiger partial charge in [0.25, 0.3) is 0 Å². The number of aromatic amines is 1. The molecule has 66 valence electrons. The van der Waals surface area contributed by atoms with Gasteiger partial charge in [0.1, 0.15) is 0 Å². The number of H-pyrrole nitrogens is 1. The lowest BCUT2D eigenvalue weighted by Crippen LogP contribution is -2.16. The van der Waals surface area contributed by atoms with Crippen LogP contribution in [-0.4, -0.2) is 11.5 Å². The van der Waals surface area contributed by atoms with Crippen LogP contribution in [0.25, 0.3) is 0 Å². The molecule has 0 aliphatic heterocycles. The first kappa shape index (κ1) is 7.87. The van der Waals surface area contributed by atoms with Gasteiger partial charge < -0.3 is 10.3 Å². The fourth-order valence-electron chi connectivity index (χ4n) is 1.55. The largest absolute Gasteiger partial charge is 0.364 e. The van der Waals surface area contributed by atoms with Crippen LogP contribution in [0, 0.1) is 11.8 Å². The van der Waals surface area contributed by atoms with Crippen LogP contribution in [-0.2, 0) is 6.54 Å². The Bertz CT molecular complexity index is 228. The predicted octanol–water partition coefficient (Wildman–Crippen LogP) is 1.76. The molecule has 1 saturated carbocycles. The minimum atomic E-state index is 0.944. The second kappa shape index (κ2) is 3.31. The molecule has 2 heteroatoms. The Morgan fingerprint density at radius 1 is 1.67 bits per heavy atom. The van der Waals surface area contributed by atoms with Crippen molar-refractivity contribution in [1.29, 1.82) is 0 Å². The average Bonchev–Trinajstić information content (AvgIpc) is 2.58. The molecule has 1 heterocycles. The lowest BCUT2D eigenvalue weighted by molar-refractivity contribution is 0.606. The lowest BCUT2D eigenvalue weighted by atomic mass is 10.3. The molecule has 12 heavy (non-hydrogen) atoms. The van der Waals surface area contributed by atoms with Gasteiger partial charge in [0, 0.05) is 18.4 Å². The van der Waals surface area contributed by atoms with Gasteiger partial charge in [0.05, 0.1) is 0 Å². The topological polar surface area (TPSA) is 27.8 Å². The van der Waals surface area contributed by atoms with Gasteiger partial charge in [0.15, 0.2) is 0 Å². The molecular formula is C10H16N2. The van der Waals surface area contributed by atoms with Gasteiger partial charge in [-0.15, -0.1) is 0 Å². The van der Waals surface area contributed by atoms with E-state index in [1.54, 1.807) is 0 Å². The third-order valence-electron chi connectivity index (χ3n) is 2.66. The van der Waals surface area contributed by atoms with Crippen molar-refractivity contribution in [3.63, 3.8) is 0 Å². The molecular weight excluding hydrogens is 148 g/mol. The highest BCUT2D eigenvalue weighted by Crippen LogP contribution is 2.36. The van der Waals surface area contributed by atoms with Crippen LogP contribution >= 0.6 is 0 Å². The molecule has 0 aromatic carbocycles. The van der Waals surface area contributed by atoms with Crippen molar-refractivity contribution in [2.45, 2.75) is 19.9 Å². The third kappa shape index (κ3) is 1.89. The quantitative estimate of drug-likeness (QED) is 0.697. The fourth-order valence-corrected chi connectivity index (χ4v) is 1.55. The van der Waals surface area contributed by atoms with E-state index in [-0.39, 0.29) is 0 Å². The Labute approximate surface area is 73.4 Å². The van der Waals surface area contributed by atoms with Crippen molar-refractivity contribution >= 4 is 0 Å². The standard InChI is InChI=1S/C10H16N2/c1-8-5-9(8)6-11-7-10-3-2-4-12-10/h2-4,8-9,11-12H,5-7H2,1H3. The van der Waals surface area contributed by atoms with Gasteiger partial charge in [-0.2, -0.15) is 0 Å². The van der Waals surface area contributed by atoms with E-state index in [0.717, 1.165) is 18.4 Å². The zero-order valence-corrected chi connectivity index (χ0v) is 7.51. The second-order valence-corrected chi connectivity index (χ2v) is 3.80. The molecule has 1 aliphatic rings. The molecule has 1 aliphatic carbocycles. The van der Waals surface area contributed by atoms with Crippen LogP contribution in [0.2, 0.25) is 0 Å². The second-order valence-electron chi connectivity index (χ2n) is 3.80. The van der Waals surface area contributed by atoms with E-state index in [0.29, 0.717) is 0 Å². The normalized spacial score (nSPS) is 27.4. The number of hydrogen-bond acceptors (Lipinski definition) is 1. The number of aromatic nitrogens is 1. The molecule has 0 amide bonds. The van der Waals surface area contributed by atoms with Crippen molar-refractivity contribution in [3.05, 3.63) is 24.0 Å². The third-order valence-corrected chi connectivity index (χ3v) is 2.66. The van der Waals surface area contributed by atoms with Crippen LogP contribution < -0.4 is 5.32 Å². The van der Waals surface area contributed by atoms with Gasteiger partial charge in [0.2, 0.25) is 0 Å². The Hall–Kier alpha value is -0.760. The number of hydrogen-bond donors (Lipinski definition) is 2. The van der Waals surface area contributed by atoms with E-state index in [4.69, 9.17) is 0 Å². The summed E-state index contributed by atoms with van der Waals surface area (Å²) in [6.45, 7) is 4.48. The maximum Gasteiger partial charge on any atom is 0.0357 e. The van der Waals surface area contributed by atoms with E-state index in [1.165, 1.54) is 18.7 Å². The first-order chi connectivity index (χ1) is 5.86. The first-order valence-corrected chi connectivity index (χ1v) is 4.69. The van der Waals surface area contributed by atoms with Crippen molar-refractivity contribution in [1.82, 2.24) is 10.3 Å². The molecule has 2 nitrogen and oxygen atoms in total. The zero-order valence-electron chi connectivity index (χ0n) is 7.51. The summed E-state index contributed by atoms with van der Waals surface area (Å²) in [5, 5.41) is 3.45. The molecule has 0 bridgehead atoms. The highest BCUT2D eigenvalue weighted by molar-refractivity contribution is 5.03. The summed E-state index contributed by atoms with van der Waals surface area (Å²) in [6.07, 6.45) is 3.38. The van der Waals surface area contributed by atoms with Crippen LogP contribution in [0.5, 0.6) is 0 Å². The Morgan fingerprint density at radius 2 is 2.50 bits per heavy atom. The van der Waals surface area contributed by atoms with Crippen molar-refractivity contribution < 1.29 is 0 Å². The minimum absolute atomic E-state index is 0.944. The van der Waals surface area contributed by atoms with Crippen LogP contribution in [0.4, 0.5) is 0 Å². The van der Waals surface area contributed by atoms with Gasteiger partial charge >= 0.3 is 0 Å². The van der Waals surface area contributed by atoms with Crippen LogP contribution in [0.15, 0.2) is 18.3 Å². The minimum Gasteiger partial charge on any atom is -0.364 e. The SMILES string of the molecule is CC1CC1CNCc1ccc[nH]1. The first-order valence-electron chi connectivity index (χ1n) is 4.69. The lowest BCUT2D eigenvalue weighted by Gasteiger charge is -2.00. The van der Waals surface area contributed by atoms with E-state index >= 15 is 0 Å². The molecule has 0 radical (unpaired) electrons. The van der Waals surface area contributed by atoms with Crippen molar-refractivity contribution in [2.75, 3.05) is 6.54 Å². The van der Waals surface area contributed by atoms with Gasteiger partial charge in [-0.05, 0) is 36.9 Å². The molecule has 0 spiro atoms. The summed E-state index contributed by atoms with van der Waals surface area (Å²) < 4.78 is 0. The Kier molecular flexibility index (Phi) is 2.17. The van der Waals surface area contributed by atoms with Crippen molar-refractivity contribution in [2.24, 2.45) is 11.8 Å². The number of rotatable bonds is 4. The summed E-state index contributed by atoms with van der Waals surface area (Å²) in [6, 6.07) is 4.15. The van der Waals surface area contributed by atoms with Crippen molar-refractivity contribution in [3.8, 4) is 0 Å². The van der Waals surface area contributed by atoms with Crippen LogP contribution in [0.1, 0.15) is 19.0 Å². The average molecular weight is 164 g/mol. The molecule has 2 rings (SSSR count). The van der Waals surface area contributed by atoms with E-state index in [9.17, 15) is 0 Å². The smallest absolute Gasteiger partial charge is 0.0357 e. The monoisotopic (exact) mass is 164 g/mol. The molecule has 1 aromatic heterocycles. The summed E-state index contributed by atoms with van der Waals surface area (Å²) in [5.74, 6) is 1.90. The highest BCUT2D eigenvalue weighted by atomic mass is 14.9. The molecule has 2 unspecified atom stereocenters. The molecule has 1 aromatic rings. The molecule has 2 atom stereocenters. The maximum absolute atomic E-state index is 3.45. The number of nitrogens with one attached hydrogen (secondary N) is 2. The highest BCUT2D eigenvalue weighted by Gasteiger charge is 2.31. The molecule has 0 saturated heterocycles.